The van der Waals surface area contributed by atoms with E-state index in [0.29, 0.717) is 18.9 Å². The fraction of sp³-hybridized carbons (Fsp3) is 0.280. The molecule has 23 heteroatoms. The molecule has 0 saturated heterocycles. The molecule has 6 aromatic carbocycles. The number of ether oxygens (including phenoxy) is 1. The molecule has 6 aromatic rings. The van der Waals surface area contributed by atoms with Crippen LogP contribution in [-0.2, 0) is 0 Å². The van der Waals surface area contributed by atoms with E-state index in [4.69, 9.17) is 4.74 Å². The van der Waals surface area contributed by atoms with Gasteiger partial charge >= 0.3 is 359 Å². The monoisotopic (exact) mass is 1180 g/mol. The Balaban J connectivity index is 1.87. The van der Waals surface area contributed by atoms with Crippen molar-refractivity contribution in [2.75, 3.05) is 6.61 Å². The number of benzene rings is 6. The summed E-state index contributed by atoms with van der Waals surface area (Å²) in [5.74, 6) is -73.2. The summed E-state index contributed by atoms with van der Waals surface area (Å²) in [6.07, 6.45) is 7.52. The third-order valence-corrected chi connectivity index (χ3v) is 27.6. The standard InChI is InChI=1S/C50H37F20IO2/c1-2-3-4-5-6-7-8-9-10-14-17-23(72)21-73-24-18-19-26(25(20-24)22-15-12-11-13-16-22)71(47-39(63)31(55)27(51)32(56)40(47)64,48-41(65)33(57)28(52)34(58)42(48)66,49-43(67)35(59)29(53)36(60)44(49)68)50-45(69)37(61)30(54)38(62)46(50)70/h11-13,15-16,18-20,23,72H,2-10,14,17,21H2,1H3. The average Bonchev–Trinajstić information content (AvgIpc) is 3.38. The summed E-state index contributed by atoms with van der Waals surface area (Å²) < 4.78 is 316. The van der Waals surface area contributed by atoms with Crippen LogP contribution in [0.1, 0.15) is 77.6 Å². The zero-order valence-electron chi connectivity index (χ0n) is 37.5. The van der Waals surface area contributed by atoms with Crippen LogP contribution >= 0.6 is 17.0 Å². The first-order chi connectivity index (χ1) is 34.5. The molecule has 0 aliphatic heterocycles. The molecule has 0 bridgehead atoms. The summed E-state index contributed by atoms with van der Waals surface area (Å²) in [7, 11) is 0. The molecule has 1 atom stereocenters. The SMILES string of the molecule is CCCCCCCCCCCCC(O)COc1ccc(I(c2c(F)c(F)c(F)c(F)c2F)(c2c(F)c(F)c(F)c(F)c2F)(c2c(F)c(F)c(F)c(F)c2F)c2c(F)c(F)c(F)c(F)c2F)c(-c2ccccc2)c1. The predicted molar refractivity (Wildman–Crippen MR) is 232 cm³/mol. The summed E-state index contributed by atoms with van der Waals surface area (Å²) in [6, 6.07) is 4.98. The Hall–Kier alpha value is -5.59. The van der Waals surface area contributed by atoms with E-state index >= 15 is 87.8 Å². The van der Waals surface area contributed by atoms with E-state index in [2.05, 4.69) is 6.92 Å². The van der Waals surface area contributed by atoms with Crippen LogP contribution in [0.3, 0.4) is 0 Å². The summed E-state index contributed by atoms with van der Waals surface area (Å²) in [4.78, 5) is 0. The molecule has 0 aromatic heterocycles. The molecule has 0 amide bonds. The molecular formula is C50H37F20IO2. The molecule has 0 radical (unpaired) electrons. The zero-order chi connectivity index (χ0) is 54.0. The summed E-state index contributed by atoms with van der Waals surface area (Å²) >= 11 is -11.3. The Morgan fingerprint density at radius 1 is 0.384 bits per heavy atom. The summed E-state index contributed by atoms with van der Waals surface area (Å²) in [6.45, 7) is 1.30. The number of hydrogen-bond donors (Lipinski definition) is 1. The van der Waals surface area contributed by atoms with Crippen molar-refractivity contribution < 1.29 is 97.7 Å². The minimum absolute atomic E-state index is 0.0144. The number of rotatable bonds is 20. The van der Waals surface area contributed by atoms with Crippen LogP contribution in [0.2, 0.25) is 0 Å². The molecule has 0 spiro atoms. The van der Waals surface area contributed by atoms with Gasteiger partial charge in [-0.3, -0.25) is 0 Å². The molecule has 1 unspecified atom stereocenters. The predicted octanol–water partition coefficient (Wildman–Crippen LogP) is 16.4. The van der Waals surface area contributed by atoms with Crippen LogP contribution in [0, 0.1) is 134 Å². The van der Waals surface area contributed by atoms with Gasteiger partial charge in [0.15, 0.2) is 0 Å². The fourth-order valence-electron chi connectivity index (χ4n) is 8.52. The van der Waals surface area contributed by atoms with Crippen molar-refractivity contribution in [3.8, 4) is 16.9 Å². The van der Waals surface area contributed by atoms with Crippen LogP contribution in [0.25, 0.3) is 11.1 Å². The molecule has 6 rings (SSSR count). The van der Waals surface area contributed by atoms with Crippen LogP contribution in [0.4, 0.5) is 87.8 Å². The third kappa shape index (κ3) is 9.27. The number of unbranched alkanes of at least 4 members (excludes halogenated alkanes) is 9. The van der Waals surface area contributed by atoms with E-state index in [1.807, 2.05) is 0 Å². The second-order valence-electron chi connectivity index (χ2n) is 16.4. The van der Waals surface area contributed by atoms with E-state index < -0.39 is 181 Å². The Labute approximate surface area is 403 Å². The van der Waals surface area contributed by atoms with Gasteiger partial charge in [0.25, 0.3) is 0 Å². The van der Waals surface area contributed by atoms with Gasteiger partial charge in [0.2, 0.25) is 0 Å². The van der Waals surface area contributed by atoms with Crippen LogP contribution < -0.4 is 4.74 Å². The normalized spacial score (nSPS) is 12.9. The van der Waals surface area contributed by atoms with Gasteiger partial charge in [-0.1, -0.05) is 45.4 Å². The van der Waals surface area contributed by atoms with Crippen LogP contribution in [0.15, 0.2) is 48.5 Å². The van der Waals surface area contributed by atoms with E-state index in [0.717, 1.165) is 81.7 Å². The van der Waals surface area contributed by atoms with Gasteiger partial charge in [-0.2, -0.15) is 0 Å². The van der Waals surface area contributed by atoms with E-state index in [1.54, 1.807) is 0 Å². The molecule has 73 heavy (non-hydrogen) atoms. The molecule has 0 aliphatic rings. The molecule has 1 N–H and O–H groups in total. The third-order valence-electron chi connectivity index (χ3n) is 11.9. The number of aliphatic hydroxyl groups excluding tert-OH is 1. The van der Waals surface area contributed by atoms with Crippen molar-refractivity contribution in [2.45, 2.75) is 83.7 Å². The van der Waals surface area contributed by atoms with E-state index in [-0.39, 0.29) is 18.6 Å². The molecule has 396 valence electrons. The Morgan fingerprint density at radius 2 is 0.685 bits per heavy atom. The van der Waals surface area contributed by atoms with Crippen LogP contribution in [0.5, 0.6) is 5.75 Å². The minimum atomic E-state index is -11.3. The van der Waals surface area contributed by atoms with Gasteiger partial charge in [0.1, 0.15) is 0 Å². The number of hydrogen-bond acceptors (Lipinski definition) is 2. The Kier molecular flexibility index (Phi) is 17.5. The molecule has 0 fully saturated rings. The summed E-state index contributed by atoms with van der Waals surface area (Å²) in [5, 5.41) is 10.8. The fourth-order valence-corrected chi connectivity index (χ4v) is 26.1. The second-order valence-corrected chi connectivity index (χ2v) is 27.3. The first-order valence-electron chi connectivity index (χ1n) is 21.9. The zero-order valence-corrected chi connectivity index (χ0v) is 39.6. The average molecular weight is 1180 g/mol. The number of halogens is 21. The topological polar surface area (TPSA) is 29.5 Å². The number of aliphatic hydroxyl groups is 1. The Bertz CT molecular complexity index is 2670. The first-order valence-corrected chi connectivity index (χ1v) is 27.3. The van der Waals surface area contributed by atoms with E-state index in [1.165, 1.54) is 0 Å². The van der Waals surface area contributed by atoms with Crippen molar-refractivity contribution in [1.29, 1.82) is 0 Å². The molecular weight excluding hydrogens is 1140 g/mol. The maximum absolute atomic E-state index is 17.3. The van der Waals surface area contributed by atoms with Gasteiger partial charge in [0, 0.05) is 0 Å². The molecule has 0 heterocycles. The maximum atomic E-state index is 17.3. The van der Waals surface area contributed by atoms with E-state index in [9.17, 15) is 5.11 Å². The molecule has 0 saturated carbocycles. The van der Waals surface area contributed by atoms with Gasteiger partial charge in [-0.05, 0) is 0 Å². The van der Waals surface area contributed by atoms with Crippen molar-refractivity contribution >= 4 is 17.0 Å². The van der Waals surface area contributed by atoms with Crippen molar-refractivity contribution in [2.24, 2.45) is 0 Å². The second kappa shape index (κ2) is 22.5. The van der Waals surface area contributed by atoms with Gasteiger partial charge in [-0.25, -0.2) is 0 Å². The van der Waals surface area contributed by atoms with Crippen molar-refractivity contribution in [3.63, 3.8) is 0 Å². The molecule has 0 aliphatic carbocycles. The van der Waals surface area contributed by atoms with Gasteiger partial charge < -0.3 is 0 Å². The Morgan fingerprint density at radius 3 is 1.01 bits per heavy atom. The van der Waals surface area contributed by atoms with Crippen LogP contribution in [-0.4, -0.2) is 17.8 Å². The van der Waals surface area contributed by atoms with Crippen molar-refractivity contribution in [3.05, 3.63) is 183 Å². The molecule has 2 nitrogen and oxygen atoms in total. The van der Waals surface area contributed by atoms with Gasteiger partial charge in [-0.15, -0.1) is 0 Å². The quantitative estimate of drug-likeness (QED) is 0.0271. The van der Waals surface area contributed by atoms with Gasteiger partial charge in [0.05, 0.1) is 0 Å². The summed E-state index contributed by atoms with van der Waals surface area (Å²) in [5.41, 5.74) is -2.32. The first kappa shape index (κ1) is 56.7. The van der Waals surface area contributed by atoms with Crippen molar-refractivity contribution in [1.82, 2.24) is 0 Å².